The predicted octanol–water partition coefficient (Wildman–Crippen LogP) is 2.85. The molecule has 1 N–H and O–H groups in total. The molecule has 0 spiro atoms. The van der Waals surface area contributed by atoms with E-state index in [1.807, 2.05) is 12.5 Å². The molecule has 0 rings (SSSR count). The van der Waals surface area contributed by atoms with Gasteiger partial charge in [0.25, 0.3) is 0 Å². The summed E-state index contributed by atoms with van der Waals surface area (Å²) in [5.41, 5.74) is 0. The van der Waals surface area contributed by atoms with Crippen molar-refractivity contribution in [1.29, 1.82) is 0 Å². The van der Waals surface area contributed by atoms with E-state index >= 15 is 0 Å². The zero-order chi connectivity index (χ0) is 8.20. The third kappa shape index (κ3) is 4.94. The zero-order valence-corrected chi connectivity index (χ0v) is 11.3. The van der Waals surface area contributed by atoms with Gasteiger partial charge in [-0.15, -0.1) is 4.86 Å². The van der Waals surface area contributed by atoms with Gasteiger partial charge in [0.05, 0.1) is 0 Å². The van der Waals surface area contributed by atoms with Crippen molar-refractivity contribution < 1.29 is 0 Å². The smallest absolute Gasteiger partial charge is 0.156 e. The Bertz CT molecular complexity index is 161. The van der Waals surface area contributed by atoms with E-state index in [2.05, 4.69) is 4.86 Å². The molecule has 0 saturated heterocycles. The summed E-state index contributed by atoms with van der Waals surface area (Å²) in [7, 11) is 0. The van der Waals surface area contributed by atoms with Crippen molar-refractivity contribution in [2.24, 2.45) is 0 Å². The minimum absolute atomic E-state index is 0.880. The molecule has 0 saturated carbocycles. The van der Waals surface area contributed by atoms with Crippen molar-refractivity contribution in [1.82, 2.24) is 4.86 Å². The highest BCUT2D eigenvalue weighted by Crippen LogP contribution is 2.66. The molecule has 1 nitrogen and oxygen atoms in total. The molecule has 0 amide bonds. The molecule has 0 fully saturated rings. The Labute approximate surface area is 86.1 Å². The highest BCUT2D eigenvalue weighted by Gasteiger charge is 2.16. The third-order valence-electron chi connectivity index (χ3n) is 0.685. The summed E-state index contributed by atoms with van der Waals surface area (Å²) in [6.07, 6.45) is 3.99. The molecular weight excluding hydrogens is 260 g/mol. The summed E-state index contributed by atoms with van der Waals surface area (Å²) in [4.78, 5) is 3.10. The van der Waals surface area contributed by atoms with Crippen LogP contribution >= 0.6 is 33.4 Å². The van der Waals surface area contributed by atoms with Gasteiger partial charge in [0.15, 0.2) is 16.4 Å². The van der Waals surface area contributed by atoms with Crippen molar-refractivity contribution >= 4 is 69.3 Å². The topological polar surface area (TPSA) is 12.0 Å². The van der Waals surface area contributed by atoms with E-state index in [1.54, 1.807) is 22.8 Å². The van der Waals surface area contributed by atoms with Gasteiger partial charge in [0.2, 0.25) is 0 Å². The Morgan fingerprint density at radius 1 is 1.50 bits per heavy atom. The van der Waals surface area contributed by atoms with Crippen molar-refractivity contribution in [3.63, 3.8) is 0 Å². The first-order valence-electron chi connectivity index (χ1n) is 2.18. The van der Waals surface area contributed by atoms with Crippen LogP contribution in [-0.4, -0.2) is 12.5 Å². The van der Waals surface area contributed by atoms with Gasteiger partial charge in [-0.05, 0) is 12.5 Å². The maximum atomic E-state index is 5.29. The molecule has 60 valence electrons. The average Bonchev–Trinajstić information content (AvgIpc) is 1.87. The van der Waals surface area contributed by atoms with Crippen LogP contribution in [0.1, 0.15) is 0 Å². The maximum Gasteiger partial charge on any atom is 0.156 e. The minimum Gasteiger partial charge on any atom is -0.456 e. The standard InChI is InChI=1S/C2H7NP2S5/c1-9-5(8,10-2)3-4(6)7/h1-2H3,(H,3,6,7,8). The second-order valence-electron chi connectivity index (χ2n) is 1.22. The summed E-state index contributed by atoms with van der Waals surface area (Å²) in [5.74, 6) is 0. The Morgan fingerprint density at radius 2 is 1.90 bits per heavy atom. The quantitative estimate of drug-likeness (QED) is 0.616. The first-order chi connectivity index (χ1) is 4.54. The monoisotopic (exact) mass is 267 g/mol. The summed E-state index contributed by atoms with van der Waals surface area (Å²) < 4.78 is -1.50. The first kappa shape index (κ1) is 12.2. The van der Waals surface area contributed by atoms with Gasteiger partial charge in [-0.25, -0.2) is 0 Å². The lowest BCUT2D eigenvalue weighted by atomic mass is 12.0. The minimum atomic E-state index is -1.50. The van der Waals surface area contributed by atoms with Crippen LogP contribution in [0.4, 0.5) is 0 Å². The number of hydrogen-bond donors (Lipinski definition) is 1. The second kappa shape index (κ2) is 5.76. The highest BCUT2D eigenvalue weighted by molar-refractivity contribution is 9.00. The summed E-state index contributed by atoms with van der Waals surface area (Å²) in [6.45, 7) is 0. The van der Waals surface area contributed by atoms with Crippen molar-refractivity contribution in [3.05, 3.63) is 0 Å². The normalized spacial score (nSPS) is 13.3. The van der Waals surface area contributed by atoms with Crippen LogP contribution in [0.2, 0.25) is 0 Å². The molecule has 0 aromatic heterocycles. The largest absolute Gasteiger partial charge is 0.456 e. The van der Waals surface area contributed by atoms with E-state index in [0.29, 0.717) is 0 Å². The first-order valence-corrected chi connectivity index (χ1v) is 12.0. The van der Waals surface area contributed by atoms with E-state index in [4.69, 9.17) is 35.9 Å². The second-order valence-corrected chi connectivity index (χ2v) is 16.3. The summed E-state index contributed by atoms with van der Waals surface area (Å²) >= 11 is 18.3. The van der Waals surface area contributed by atoms with E-state index in [-0.39, 0.29) is 0 Å². The van der Waals surface area contributed by atoms with E-state index in [1.165, 1.54) is 0 Å². The molecule has 1 unspecified atom stereocenters. The van der Waals surface area contributed by atoms with Gasteiger partial charge in [0.1, 0.15) is 6.05 Å². The van der Waals surface area contributed by atoms with Gasteiger partial charge >= 0.3 is 0 Å². The van der Waals surface area contributed by atoms with Gasteiger partial charge in [0, 0.05) is 0 Å². The van der Waals surface area contributed by atoms with E-state index < -0.39 is 10.6 Å². The van der Waals surface area contributed by atoms with Crippen LogP contribution in [-0.2, 0) is 35.9 Å². The Balaban J connectivity index is 4.07. The molecule has 0 aliphatic carbocycles. The molecule has 8 heteroatoms. The van der Waals surface area contributed by atoms with Crippen LogP contribution in [0.3, 0.4) is 0 Å². The van der Waals surface area contributed by atoms with Crippen LogP contribution in [0.25, 0.3) is 0 Å². The fraction of sp³-hybridized carbons (Fsp3) is 1.00. The average molecular weight is 267 g/mol. The maximum absolute atomic E-state index is 5.29. The molecule has 0 radical (unpaired) electrons. The van der Waals surface area contributed by atoms with Crippen molar-refractivity contribution in [2.75, 3.05) is 12.5 Å². The molecule has 10 heavy (non-hydrogen) atoms. The molecule has 0 heterocycles. The van der Waals surface area contributed by atoms with Gasteiger partial charge in [-0.1, -0.05) is 34.6 Å². The van der Waals surface area contributed by atoms with Crippen LogP contribution < -0.4 is 4.86 Å². The van der Waals surface area contributed by atoms with Gasteiger partial charge in [-0.3, -0.25) is 0 Å². The van der Waals surface area contributed by atoms with E-state index in [9.17, 15) is 0 Å². The Kier molecular flexibility index (Phi) is 7.02. The molecule has 0 aromatic rings. The predicted molar refractivity (Wildman–Crippen MR) is 66.1 cm³/mol. The molecule has 0 bridgehead atoms. The number of rotatable bonds is 4. The lowest BCUT2D eigenvalue weighted by Gasteiger charge is -2.12. The molecule has 0 aromatic carbocycles. The summed E-state index contributed by atoms with van der Waals surface area (Å²) in [5, 5.41) is 0. The summed E-state index contributed by atoms with van der Waals surface area (Å²) in [6, 6.07) is -0.880. The van der Waals surface area contributed by atoms with Gasteiger partial charge in [-0.2, -0.15) is 0 Å². The van der Waals surface area contributed by atoms with Crippen LogP contribution in [0.5, 0.6) is 0 Å². The molecular formula is C2H7NP2S5. The fourth-order valence-corrected chi connectivity index (χ4v) is 12.3. The van der Waals surface area contributed by atoms with Gasteiger partial charge < -0.3 is 12.2 Å². The lowest BCUT2D eigenvalue weighted by Crippen LogP contribution is -1.90. The van der Waals surface area contributed by atoms with Crippen molar-refractivity contribution in [3.8, 4) is 0 Å². The lowest BCUT2D eigenvalue weighted by molar-refractivity contribution is 1.75. The van der Waals surface area contributed by atoms with Crippen molar-refractivity contribution in [2.45, 2.75) is 0 Å². The zero-order valence-electron chi connectivity index (χ0n) is 5.44. The van der Waals surface area contributed by atoms with E-state index in [0.717, 1.165) is 0 Å². The Morgan fingerprint density at radius 3 is 2.00 bits per heavy atom. The molecule has 1 atom stereocenters. The molecule has 0 aliphatic heterocycles. The van der Waals surface area contributed by atoms with Crippen LogP contribution in [0.15, 0.2) is 0 Å². The SMILES string of the molecule is CSP(=S)(N[P+](=S)[S-])SC. The molecule has 0 aliphatic rings. The third-order valence-corrected chi connectivity index (χ3v) is 15.2. The number of nitrogens with one attached hydrogen (secondary N) is 1. The van der Waals surface area contributed by atoms with Crippen LogP contribution in [0, 0.1) is 0 Å². The fourth-order valence-electron chi connectivity index (χ4n) is 0.256. The number of hydrogen-bond acceptors (Lipinski definition) is 5. The highest BCUT2D eigenvalue weighted by atomic mass is 33.2. The Hall–Kier alpha value is 2.18.